The minimum absolute atomic E-state index is 0.0187. The summed E-state index contributed by atoms with van der Waals surface area (Å²) in [7, 11) is 4.03. The number of anilines is 2. The normalized spacial score (nSPS) is 17.2. The van der Waals surface area contributed by atoms with Gasteiger partial charge in [-0.05, 0) is 80.4 Å². The maximum absolute atomic E-state index is 13.3. The van der Waals surface area contributed by atoms with Crippen LogP contribution < -0.4 is 9.80 Å². The highest BCUT2D eigenvalue weighted by Crippen LogP contribution is 2.38. The van der Waals surface area contributed by atoms with E-state index in [1.54, 1.807) is 4.90 Å². The number of amidine groups is 1. The molecule has 2 aromatic carbocycles. The Balaban J connectivity index is 2.01. The summed E-state index contributed by atoms with van der Waals surface area (Å²) in [4.78, 5) is 22.5. The van der Waals surface area contributed by atoms with Crippen molar-refractivity contribution in [2.45, 2.75) is 33.7 Å². The number of rotatable bonds is 4. The fraction of sp³-hybridized carbons (Fsp3) is 0.304. The molecule has 2 aromatic rings. The Morgan fingerprint density at radius 2 is 1.75 bits per heavy atom. The summed E-state index contributed by atoms with van der Waals surface area (Å²) in [6, 6.07) is 14.3. The zero-order chi connectivity index (χ0) is 20.4. The molecule has 4 nitrogen and oxygen atoms in total. The van der Waals surface area contributed by atoms with E-state index in [9.17, 15) is 4.79 Å². The van der Waals surface area contributed by atoms with Crippen LogP contribution in [0, 0.1) is 13.8 Å². The average Bonchev–Trinajstić information content (AvgIpc) is 2.92. The van der Waals surface area contributed by atoms with Gasteiger partial charge in [0.2, 0.25) is 0 Å². The highest BCUT2D eigenvalue weighted by molar-refractivity contribution is 8.19. The van der Waals surface area contributed by atoms with Gasteiger partial charge in [0.25, 0.3) is 5.91 Å². The van der Waals surface area contributed by atoms with E-state index in [4.69, 9.17) is 4.99 Å². The summed E-state index contributed by atoms with van der Waals surface area (Å²) >= 11 is 1.45. The third-order valence-corrected chi connectivity index (χ3v) is 5.68. The van der Waals surface area contributed by atoms with Gasteiger partial charge in [-0.15, -0.1) is 0 Å². The highest BCUT2D eigenvalue weighted by Gasteiger charge is 2.35. The molecular weight excluding hydrogens is 366 g/mol. The van der Waals surface area contributed by atoms with Gasteiger partial charge in [-0.2, -0.15) is 0 Å². The second-order valence-electron chi connectivity index (χ2n) is 7.46. The lowest BCUT2D eigenvalue weighted by atomic mass is 10.1. The lowest BCUT2D eigenvalue weighted by molar-refractivity contribution is -0.113. The Labute approximate surface area is 172 Å². The smallest absolute Gasteiger partial charge is 0.271 e. The third kappa shape index (κ3) is 4.14. The Hall–Kier alpha value is -2.53. The standard InChI is InChI=1S/C23H27N3OS/c1-15(2)24-23-26(20-9-7-8-16(3)17(20)4)22(27)21(28-23)14-18-10-12-19(13-11-18)25(5)6/h7-15H,1-6H3/b21-14-,24-23?. The van der Waals surface area contributed by atoms with Gasteiger partial charge in [0.15, 0.2) is 5.17 Å². The largest absolute Gasteiger partial charge is 0.378 e. The van der Waals surface area contributed by atoms with E-state index >= 15 is 0 Å². The van der Waals surface area contributed by atoms with Gasteiger partial charge in [-0.25, -0.2) is 0 Å². The van der Waals surface area contributed by atoms with E-state index in [1.165, 1.54) is 11.8 Å². The number of hydrogen-bond donors (Lipinski definition) is 0. The van der Waals surface area contributed by atoms with E-state index in [0.29, 0.717) is 4.91 Å². The number of aryl methyl sites for hydroxylation is 1. The number of hydrogen-bond acceptors (Lipinski definition) is 4. The van der Waals surface area contributed by atoms with Crippen molar-refractivity contribution in [2.75, 3.05) is 23.9 Å². The van der Waals surface area contributed by atoms with Crippen LogP contribution in [0.4, 0.5) is 11.4 Å². The molecule has 28 heavy (non-hydrogen) atoms. The lowest BCUT2D eigenvalue weighted by Crippen LogP contribution is -2.30. The molecule has 1 aliphatic rings. The molecule has 1 aliphatic heterocycles. The van der Waals surface area contributed by atoms with Crippen molar-refractivity contribution in [2.24, 2.45) is 4.99 Å². The Morgan fingerprint density at radius 3 is 2.36 bits per heavy atom. The zero-order valence-electron chi connectivity index (χ0n) is 17.4. The highest BCUT2D eigenvalue weighted by atomic mass is 32.2. The number of amides is 1. The van der Waals surface area contributed by atoms with Gasteiger partial charge in [-0.1, -0.05) is 24.3 Å². The van der Waals surface area contributed by atoms with Crippen LogP contribution in [0.5, 0.6) is 0 Å². The quantitative estimate of drug-likeness (QED) is 0.665. The van der Waals surface area contributed by atoms with Crippen molar-refractivity contribution in [1.29, 1.82) is 0 Å². The molecule has 5 heteroatoms. The minimum Gasteiger partial charge on any atom is -0.378 e. The molecule has 0 N–H and O–H groups in total. The van der Waals surface area contributed by atoms with E-state index in [0.717, 1.165) is 33.2 Å². The summed E-state index contributed by atoms with van der Waals surface area (Å²) in [5.41, 5.74) is 5.31. The van der Waals surface area contributed by atoms with Crippen LogP contribution in [0.25, 0.3) is 6.08 Å². The van der Waals surface area contributed by atoms with Crippen molar-refractivity contribution in [3.63, 3.8) is 0 Å². The fourth-order valence-electron chi connectivity index (χ4n) is 2.99. The van der Waals surface area contributed by atoms with Crippen LogP contribution in [0.1, 0.15) is 30.5 Å². The monoisotopic (exact) mass is 393 g/mol. The topological polar surface area (TPSA) is 35.9 Å². The lowest BCUT2D eigenvalue weighted by Gasteiger charge is -2.19. The summed E-state index contributed by atoms with van der Waals surface area (Å²) in [5.74, 6) is -0.0187. The number of aliphatic imine (C=N–C) groups is 1. The van der Waals surface area contributed by atoms with Gasteiger partial charge < -0.3 is 4.90 Å². The molecule has 146 valence electrons. The molecule has 0 saturated carbocycles. The van der Waals surface area contributed by atoms with Gasteiger partial charge in [-0.3, -0.25) is 14.7 Å². The predicted octanol–water partition coefficient (Wildman–Crippen LogP) is 5.25. The van der Waals surface area contributed by atoms with Crippen LogP contribution in [0.15, 0.2) is 52.4 Å². The van der Waals surface area contributed by atoms with Crippen LogP contribution >= 0.6 is 11.8 Å². The summed E-state index contributed by atoms with van der Waals surface area (Å²) < 4.78 is 0. The maximum Gasteiger partial charge on any atom is 0.271 e. The SMILES string of the molecule is Cc1cccc(N2C(=O)/C(=C/c3ccc(N(C)C)cc3)SC2=NC(C)C)c1C. The molecule has 0 atom stereocenters. The van der Waals surface area contributed by atoms with E-state index < -0.39 is 0 Å². The molecule has 1 amide bonds. The van der Waals surface area contributed by atoms with Crippen LogP contribution in [0.3, 0.4) is 0 Å². The summed E-state index contributed by atoms with van der Waals surface area (Å²) in [6.07, 6.45) is 1.95. The molecule has 1 saturated heterocycles. The first-order valence-corrected chi connectivity index (χ1v) is 10.2. The molecule has 0 spiro atoms. The minimum atomic E-state index is -0.0187. The molecule has 0 radical (unpaired) electrons. The van der Waals surface area contributed by atoms with Crippen molar-refractivity contribution in [3.05, 3.63) is 64.1 Å². The van der Waals surface area contributed by atoms with Gasteiger partial charge in [0.1, 0.15) is 0 Å². The first-order chi connectivity index (χ1) is 13.3. The molecular formula is C23H27N3OS. The van der Waals surface area contributed by atoms with E-state index in [1.807, 2.05) is 58.3 Å². The van der Waals surface area contributed by atoms with Crippen LogP contribution in [-0.4, -0.2) is 31.2 Å². The molecule has 0 aliphatic carbocycles. The molecule has 1 heterocycles. The first kappa shape index (κ1) is 20.2. The number of carbonyl (C=O) groups excluding carboxylic acids is 1. The van der Waals surface area contributed by atoms with Crippen molar-refractivity contribution < 1.29 is 4.79 Å². The molecule has 3 rings (SSSR count). The maximum atomic E-state index is 13.3. The number of nitrogens with zero attached hydrogens (tertiary/aromatic N) is 3. The Kier molecular flexibility index (Phi) is 5.94. The van der Waals surface area contributed by atoms with Gasteiger partial charge in [0.05, 0.1) is 10.6 Å². The summed E-state index contributed by atoms with van der Waals surface area (Å²) in [6.45, 7) is 8.17. The first-order valence-electron chi connectivity index (χ1n) is 9.43. The Morgan fingerprint density at radius 1 is 1.07 bits per heavy atom. The number of benzene rings is 2. The average molecular weight is 394 g/mol. The van der Waals surface area contributed by atoms with Crippen molar-refractivity contribution >= 4 is 40.3 Å². The van der Waals surface area contributed by atoms with E-state index in [-0.39, 0.29) is 11.9 Å². The van der Waals surface area contributed by atoms with Gasteiger partial charge in [0, 0.05) is 25.8 Å². The molecule has 0 bridgehead atoms. The predicted molar refractivity (Wildman–Crippen MR) is 122 cm³/mol. The molecule has 1 fully saturated rings. The molecule has 0 unspecified atom stereocenters. The zero-order valence-corrected chi connectivity index (χ0v) is 18.2. The summed E-state index contributed by atoms with van der Waals surface area (Å²) in [5, 5.41) is 0.741. The number of thioether (sulfide) groups is 1. The Bertz CT molecular complexity index is 943. The van der Waals surface area contributed by atoms with Gasteiger partial charge >= 0.3 is 0 Å². The second kappa shape index (κ2) is 8.23. The van der Waals surface area contributed by atoms with Crippen LogP contribution in [-0.2, 0) is 4.79 Å². The van der Waals surface area contributed by atoms with E-state index in [2.05, 4.69) is 36.9 Å². The van der Waals surface area contributed by atoms with Crippen LogP contribution in [0.2, 0.25) is 0 Å². The fourth-order valence-corrected chi connectivity index (χ4v) is 4.10. The third-order valence-electron chi connectivity index (χ3n) is 4.70. The molecule has 0 aromatic heterocycles. The second-order valence-corrected chi connectivity index (χ2v) is 8.47. The number of carbonyl (C=O) groups is 1. The van der Waals surface area contributed by atoms with Crippen molar-refractivity contribution in [3.8, 4) is 0 Å². The van der Waals surface area contributed by atoms with Crippen molar-refractivity contribution in [1.82, 2.24) is 0 Å².